The first-order valence-corrected chi connectivity index (χ1v) is 8.01. The number of nitrogens with one attached hydrogen (secondary N) is 2. The van der Waals surface area contributed by atoms with Crippen LogP contribution in [-0.4, -0.2) is 30.8 Å². The Morgan fingerprint density at radius 1 is 1.37 bits per heavy atom. The van der Waals surface area contributed by atoms with E-state index >= 15 is 0 Å². The van der Waals surface area contributed by atoms with Crippen LogP contribution >= 0.6 is 23.4 Å². The van der Waals surface area contributed by atoms with Gasteiger partial charge in [0, 0.05) is 22.2 Å². The number of rotatable bonds is 5. The van der Waals surface area contributed by atoms with Gasteiger partial charge in [-0.2, -0.15) is 0 Å². The van der Waals surface area contributed by atoms with Crippen LogP contribution in [0.1, 0.15) is 19.3 Å². The standard InChI is InChI=1S/C14H19ClN2OS/c15-11-4-6-12(7-5-11)19-10-9-17-14(18)13-3-1-2-8-16-13/h4-7,13,16H,1-3,8-10H2,(H,17,18). The molecule has 1 aliphatic rings. The van der Waals surface area contributed by atoms with Gasteiger partial charge in [-0.15, -0.1) is 11.8 Å². The van der Waals surface area contributed by atoms with Gasteiger partial charge in [0.05, 0.1) is 6.04 Å². The van der Waals surface area contributed by atoms with Crippen LogP contribution in [0.4, 0.5) is 0 Å². The van der Waals surface area contributed by atoms with E-state index in [0.717, 1.165) is 30.2 Å². The summed E-state index contributed by atoms with van der Waals surface area (Å²) in [5, 5.41) is 6.99. The van der Waals surface area contributed by atoms with E-state index < -0.39 is 0 Å². The molecule has 2 rings (SSSR count). The highest BCUT2D eigenvalue weighted by molar-refractivity contribution is 7.99. The maximum Gasteiger partial charge on any atom is 0.237 e. The van der Waals surface area contributed by atoms with Crippen LogP contribution in [0.2, 0.25) is 5.02 Å². The Hall–Kier alpha value is -0.710. The van der Waals surface area contributed by atoms with Crippen molar-refractivity contribution in [2.24, 2.45) is 0 Å². The van der Waals surface area contributed by atoms with Crippen LogP contribution in [0.15, 0.2) is 29.2 Å². The van der Waals surface area contributed by atoms with E-state index in [2.05, 4.69) is 10.6 Å². The molecule has 0 spiro atoms. The average molecular weight is 299 g/mol. The molecule has 1 saturated heterocycles. The Labute approximate surface area is 123 Å². The van der Waals surface area contributed by atoms with Gasteiger partial charge < -0.3 is 10.6 Å². The minimum absolute atomic E-state index is 0.00859. The van der Waals surface area contributed by atoms with E-state index in [1.54, 1.807) is 11.8 Å². The summed E-state index contributed by atoms with van der Waals surface area (Å²) in [5.41, 5.74) is 0. The first kappa shape index (κ1) is 14.7. The molecule has 19 heavy (non-hydrogen) atoms. The fraction of sp³-hybridized carbons (Fsp3) is 0.500. The van der Waals surface area contributed by atoms with Gasteiger partial charge in [0.25, 0.3) is 0 Å². The first-order valence-electron chi connectivity index (χ1n) is 6.65. The summed E-state index contributed by atoms with van der Waals surface area (Å²) < 4.78 is 0. The van der Waals surface area contributed by atoms with E-state index in [1.807, 2.05) is 24.3 Å². The Morgan fingerprint density at radius 3 is 2.84 bits per heavy atom. The molecule has 0 saturated carbocycles. The molecule has 0 bridgehead atoms. The molecule has 1 fully saturated rings. The van der Waals surface area contributed by atoms with Crippen molar-refractivity contribution in [3.63, 3.8) is 0 Å². The molecule has 1 aromatic rings. The maximum absolute atomic E-state index is 11.9. The molecule has 0 radical (unpaired) electrons. The maximum atomic E-state index is 11.9. The van der Waals surface area contributed by atoms with Crippen LogP contribution in [0.5, 0.6) is 0 Å². The largest absolute Gasteiger partial charge is 0.354 e. The molecule has 0 aromatic heterocycles. The summed E-state index contributed by atoms with van der Waals surface area (Å²) >= 11 is 7.55. The van der Waals surface area contributed by atoms with E-state index in [1.165, 1.54) is 11.3 Å². The highest BCUT2D eigenvalue weighted by Gasteiger charge is 2.19. The number of piperidine rings is 1. The summed E-state index contributed by atoms with van der Waals surface area (Å²) in [6, 6.07) is 7.77. The number of amides is 1. The SMILES string of the molecule is O=C(NCCSc1ccc(Cl)cc1)C1CCCCN1. The minimum atomic E-state index is 0.00859. The zero-order chi connectivity index (χ0) is 13.5. The zero-order valence-electron chi connectivity index (χ0n) is 10.8. The molecular weight excluding hydrogens is 280 g/mol. The third kappa shape index (κ3) is 5.05. The van der Waals surface area contributed by atoms with Gasteiger partial charge in [-0.1, -0.05) is 18.0 Å². The molecule has 1 atom stereocenters. The lowest BCUT2D eigenvalue weighted by Gasteiger charge is -2.22. The molecule has 1 aromatic carbocycles. The molecular formula is C14H19ClN2OS. The average Bonchev–Trinajstić information content (AvgIpc) is 2.46. The van der Waals surface area contributed by atoms with Crippen LogP contribution < -0.4 is 10.6 Å². The second-order valence-corrected chi connectivity index (χ2v) is 6.20. The molecule has 1 unspecified atom stereocenters. The van der Waals surface area contributed by atoms with Crippen molar-refractivity contribution in [3.05, 3.63) is 29.3 Å². The first-order chi connectivity index (χ1) is 9.25. The van der Waals surface area contributed by atoms with Gasteiger partial charge in [-0.05, 0) is 43.7 Å². The van der Waals surface area contributed by atoms with Gasteiger partial charge in [0.15, 0.2) is 0 Å². The monoisotopic (exact) mass is 298 g/mol. The van der Waals surface area contributed by atoms with E-state index in [9.17, 15) is 4.79 Å². The number of halogens is 1. The summed E-state index contributed by atoms with van der Waals surface area (Å²) in [4.78, 5) is 13.0. The number of thioether (sulfide) groups is 1. The van der Waals surface area contributed by atoms with E-state index in [0.29, 0.717) is 6.54 Å². The van der Waals surface area contributed by atoms with Crippen LogP contribution in [-0.2, 0) is 4.79 Å². The second kappa shape index (κ2) is 7.78. The van der Waals surface area contributed by atoms with Crippen molar-refractivity contribution < 1.29 is 4.79 Å². The predicted molar refractivity (Wildman–Crippen MR) is 80.8 cm³/mol. The van der Waals surface area contributed by atoms with Crippen molar-refractivity contribution in [2.75, 3.05) is 18.8 Å². The Morgan fingerprint density at radius 2 is 2.16 bits per heavy atom. The molecule has 1 aliphatic heterocycles. The predicted octanol–water partition coefficient (Wildman–Crippen LogP) is 2.69. The second-order valence-electron chi connectivity index (χ2n) is 4.60. The van der Waals surface area contributed by atoms with Crippen LogP contribution in [0.25, 0.3) is 0 Å². The lowest BCUT2D eigenvalue weighted by atomic mass is 10.0. The van der Waals surface area contributed by atoms with Gasteiger partial charge in [0.2, 0.25) is 5.91 Å². The summed E-state index contributed by atoms with van der Waals surface area (Å²) in [5.74, 6) is 1.01. The zero-order valence-corrected chi connectivity index (χ0v) is 12.4. The summed E-state index contributed by atoms with van der Waals surface area (Å²) in [6.07, 6.45) is 3.27. The normalized spacial score (nSPS) is 19.1. The Kier molecular flexibility index (Phi) is 6.01. The third-order valence-corrected chi connectivity index (χ3v) is 4.38. The van der Waals surface area contributed by atoms with Gasteiger partial charge in [-0.3, -0.25) is 4.79 Å². The van der Waals surface area contributed by atoms with Crippen molar-refractivity contribution in [1.29, 1.82) is 0 Å². The van der Waals surface area contributed by atoms with Crippen molar-refractivity contribution in [1.82, 2.24) is 10.6 Å². The minimum Gasteiger partial charge on any atom is -0.354 e. The van der Waals surface area contributed by atoms with Crippen molar-refractivity contribution in [3.8, 4) is 0 Å². The van der Waals surface area contributed by atoms with E-state index in [-0.39, 0.29) is 11.9 Å². The van der Waals surface area contributed by atoms with Crippen LogP contribution in [0, 0.1) is 0 Å². The molecule has 2 N–H and O–H groups in total. The van der Waals surface area contributed by atoms with Gasteiger partial charge >= 0.3 is 0 Å². The fourth-order valence-electron chi connectivity index (χ4n) is 2.07. The number of benzene rings is 1. The highest BCUT2D eigenvalue weighted by atomic mass is 35.5. The molecule has 1 heterocycles. The van der Waals surface area contributed by atoms with Crippen LogP contribution in [0.3, 0.4) is 0 Å². The molecule has 5 heteroatoms. The topological polar surface area (TPSA) is 41.1 Å². The molecule has 1 amide bonds. The van der Waals surface area contributed by atoms with E-state index in [4.69, 9.17) is 11.6 Å². The fourth-order valence-corrected chi connectivity index (χ4v) is 2.97. The third-order valence-electron chi connectivity index (χ3n) is 3.11. The number of carbonyl (C=O) groups is 1. The van der Waals surface area contributed by atoms with Crippen molar-refractivity contribution in [2.45, 2.75) is 30.2 Å². The quantitative estimate of drug-likeness (QED) is 0.649. The highest BCUT2D eigenvalue weighted by Crippen LogP contribution is 2.19. The molecule has 104 valence electrons. The number of carbonyl (C=O) groups excluding carboxylic acids is 1. The summed E-state index contributed by atoms with van der Waals surface area (Å²) in [6.45, 7) is 1.65. The lowest BCUT2D eigenvalue weighted by molar-refractivity contribution is -0.123. The van der Waals surface area contributed by atoms with Gasteiger partial charge in [0.1, 0.15) is 0 Å². The smallest absolute Gasteiger partial charge is 0.237 e. The molecule has 3 nitrogen and oxygen atoms in total. The Balaban J connectivity index is 1.63. The summed E-state index contributed by atoms with van der Waals surface area (Å²) in [7, 11) is 0. The number of hydrogen-bond donors (Lipinski definition) is 2. The Bertz CT molecular complexity index is 404. The van der Waals surface area contributed by atoms with Crippen molar-refractivity contribution >= 4 is 29.3 Å². The van der Waals surface area contributed by atoms with Gasteiger partial charge in [-0.25, -0.2) is 0 Å². The lowest BCUT2D eigenvalue weighted by Crippen LogP contribution is -2.47. The number of hydrogen-bond acceptors (Lipinski definition) is 3. The molecule has 0 aliphatic carbocycles.